The Morgan fingerprint density at radius 3 is 2.72 bits per heavy atom. The van der Waals surface area contributed by atoms with Gasteiger partial charge in [-0.1, -0.05) is 20.8 Å². The van der Waals surface area contributed by atoms with E-state index in [1.165, 1.54) is 12.8 Å². The molecule has 18 heavy (non-hydrogen) atoms. The Hall–Kier alpha value is 0.0700. The van der Waals surface area contributed by atoms with Gasteiger partial charge in [0.1, 0.15) is 0 Å². The van der Waals surface area contributed by atoms with Crippen molar-refractivity contribution in [3.05, 3.63) is 0 Å². The second-order valence-electron chi connectivity index (χ2n) is 5.08. The lowest BCUT2D eigenvalue weighted by atomic mass is 9.99. The van der Waals surface area contributed by atoms with E-state index >= 15 is 0 Å². The van der Waals surface area contributed by atoms with Crippen molar-refractivity contribution in [3.63, 3.8) is 0 Å². The summed E-state index contributed by atoms with van der Waals surface area (Å²) in [6, 6.07) is 0. The third-order valence-corrected chi connectivity index (χ3v) is 4.62. The van der Waals surface area contributed by atoms with Crippen LogP contribution in [0.5, 0.6) is 0 Å². The number of thioether (sulfide) groups is 1. The molecule has 1 heterocycles. The molecular formula is C13H27ClN2OS. The van der Waals surface area contributed by atoms with Crippen LogP contribution in [0.3, 0.4) is 0 Å². The van der Waals surface area contributed by atoms with E-state index in [1.807, 2.05) is 0 Å². The summed E-state index contributed by atoms with van der Waals surface area (Å²) in [5.74, 6) is 2.25. The van der Waals surface area contributed by atoms with Gasteiger partial charge >= 0.3 is 0 Å². The lowest BCUT2D eigenvalue weighted by Crippen LogP contribution is -2.42. The van der Waals surface area contributed by atoms with Crippen LogP contribution in [0.2, 0.25) is 0 Å². The van der Waals surface area contributed by atoms with E-state index in [0.717, 1.165) is 25.4 Å². The van der Waals surface area contributed by atoms with Crippen molar-refractivity contribution in [2.24, 2.45) is 11.8 Å². The third kappa shape index (κ3) is 6.30. The van der Waals surface area contributed by atoms with Gasteiger partial charge in [-0.2, -0.15) is 0 Å². The first-order valence-electron chi connectivity index (χ1n) is 6.75. The van der Waals surface area contributed by atoms with Crippen LogP contribution in [0.25, 0.3) is 0 Å². The summed E-state index contributed by atoms with van der Waals surface area (Å²) in [5.41, 5.74) is 0. The number of piperidine rings is 1. The number of hydrogen-bond donors (Lipinski definition) is 2. The summed E-state index contributed by atoms with van der Waals surface area (Å²) in [4.78, 5) is 12.1. The van der Waals surface area contributed by atoms with Crippen LogP contribution in [-0.2, 0) is 4.79 Å². The van der Waals surface area contributed by atoms with Gasteiger partial charge in [-0.15, -0.1) is 24.2 Å². The Labute approximate surface area is 122 Å². The minimum absolute atomic E-state index is 0. The first kappa shape index (κ1) is 18.1. The fraction of sp³-hybridized carbons (Fsp3) is 0.923. The summed E-state index contributed by atoms with van der Waals surface area (Å²) in [6.45, 7) is 9.36. The molecule has 1 rings (SSSR count). The van der Waals surface area contributed by atoms with Crippen molar-refractivity contribution in [1.29, 1.82) is 0 Å². The standard InChI is InChI=1S/C13H26N2OS.ClH/c1-4-17-12(10(2)3)13(16)15-9-11-6-5-7-14-8-11;/h10-12,14H,4-9H2,1-3H3,(H,15,16);1H. The van der Waals surface area contributed by atoms with Gasteiger partial charge in [0.25, 0.3) is 0 Å². The molecule has 1 fully saturated rings. The van der Waals surface area contributed by atoms with Gasteiger partial charge in [0.15, 0.2) is 0 Å². The molecule has 0 aromatic heterocycles. The summed E-state index contributed by atoms with van der Waals surface area (Å²) in [6.07, 6.45) is 2.47. The Kier molecular flexibility index (Phi) is 9.97. The van der Waals surface area contributed by atoms with Gasteiger partial charge in [0.05, 0.1) is 5.25 Å². The lowest BCUT2D eigenvalue weighted by molar-refractivity contribution is -0.121. The zero-order chi connectivity index (χ0) is 12.7. The number of carbonyl (C=O) groups excluding carboxylic acids is 1. The fourth-order valence-corrected chi connectivity index (χ4v) is 3.17. The molecule has 1 aliphatic rings. The van der Waals surface area contributed by atoms with Gasteiger partial charge < -0.3 is 10.6 Å². The second kappa shape index (κ2) is 9.93. The molecule has 2 unspecified atom stereocenters. The normalized spacial score (nSPS) is 21.2. The predicted molar refractivity (Wildman–Crippen MR) is 82.6 cm³/mol. The molecule has 5 heteroatoms. The van der Waals surface area contributed by atoms with Gasteiger partial charge in [-0.25, -0.2) is 0 Å². The van der Waals surface area contributed by atoms with Crippen molar-refractivity contribution in [2.45, 2.75) is 38.9 Å². The maximum absolute atomic E-state index is 12.1. The smallest absolute Gasteiger partial charge is 0.233 e. The number of halogens is 1. The highest BCUT2D eigenvalue weighted by Gasteiger charge is 2.22. The Balaban J connectivity index is 0.00000289. The predicted octanol–water partition coefficient (Wildman–Crippen LogP) is 2.30. The van der Waals surface area contributed by atoms with Crippen LogP contribution in [0.4, 0.5) is 0 Å². The maximum atomic E-state index is 12.1. The van der Waals surface area contributed by atoms with Crippen molar-refractivity contribution >= 4 is 30.1 Å². The highest BCUT2D eigenvalue weighted by Crippen LogP contribution is 2.19. The van der Waals surface area contributed by atoms with Crippen LogP contribution in [0.15, 0.2) is 0 Å². The lowest BCUT2D eigenvalue weighted by Gasteiger charge is -2.25. The van der Waals surface area contributed by atoms with Crippen LogP contribution in [0, 0.1) is 11.8 Å². The molecule has 1 aliphatic heterocycles. The number of nitrogens with one attached hydrogen (secondary N) is 2. The summed E-state index contributed by atoms with van der Waals surface area (Å²) < 4.78 is 0. The molecule has 2 atom stereocenters. The van der Waals surface area contributed by atoms with Crippen LogP contribution >= 0.6 is 24.2 Å². The topological polar surface area (TPSA) is 41.1 Å². The highest BCUT2D eigenvalue weighted by molar-refractivity contribution is 8.00. The molecule has 2 N–H and O–H groups in total. The average molecular weight is 295 g/mol. The first-order chi connectivity index (χ1) is 8.15. The van der Waals surface area contributed by atoms with Gasteiger partial charge in [-0.3, -0.25) is 4.79 Å². The van der Waals surface area contributed by atoms with Gasteiger partial charge in [0, 0.05) is 6.54 Å². The minimum Gasteiger partial charge on any atom is -0.355 e. The van der Waals surface area contributed by atoms with E-state index in [2.05, 4.69) is 31.4 Å². The molecule has 0 spiro atoms. The molecule has 0 aromatic carbocycles. The van der Waals surface area contributed by atoms with Crippen molar-refractivity contribution in [2.75, 3.05) is 25.4 Å². The van der Waals surface area contributed by atoms with Crippen molar-refractivity contribution in [3.8, 4) is 0 Å². The van der Waals surface area contributed by atoms with Crippen LogP contribution in [0.1, 0.15) is 33.6 Å². The molecule has 0 saturated carbocycles. The van der Waals surface area contributed by atoms with E-state index in [-0.39, 0.29) is 23.6 Å². The fourth-order valence-electron chi connectivity index (χ4n) is 2.19. The largest absolute Gasteiger partial charge is 0.355 e. The van der Waals surface area contributed by atoms with E-state index in [4.69, 9.17) is 0 Å². The number of hydrogen-bond acceptors (Lipinski definition) is 3. The van der Waals surface area contributed by atoms with E-state index in [0.29, 0.717) is 11.8 Å². The monoisotopic (exact) mass is 294 g/mol. The Morgan fingerprint density at radius 2 is 2.22 bits per heavy atom. The Bertz CT molecular complexity index is 233. The molecule has 0 radical (unpaired) electrons. The molecule has 1 saturated heterocycles. The Morgan fingerprint density at radius 1 is 1.50 bits per heavy atom. The van der Waals surface area contributed by atoms with E-state index in [9.17, 15) is 4.79 Å². The number of rotatable bonds is 6. The highest BCUT2D eigenvalue weighted by atomic mass is 35.5. The molecule has 0 aliphatic carbocycles. The zero-order valence-corrected chi connectivity index (χ0v) is 13.3. The third-order valence-electron chi connectivity index (χ3n) is 3.17. The van der Waals surface area contributed by atoms with E-state index < -0.39 is 0 Å². The number of carbonyl (C=O) groups is 1. The molecule has 108 valence electrons. The van der Waals surface area contributed by atoms with Crippen molar-refractivity contribution < 1.29 is 4.79 Å². The molecule has 3 nitrogen and oxygen atoms in total. The summed E-state index contributed by atoms with van der Waals surface area (Å²) >= 11 is 1.75. The van der Waals surface area contributed by atoms with Gasteiger partial charge in [-0.05, 0) is 43.5 Å². The second-order valence-corrected chi connectivity index (χ2v) is 6.50. The number of amides is 1. The summed E-state index contributed by atoms with van der Waals surface area (Å²) in [5, 5.41) is 6.61. The molecule has 0 aromatic rings. The molecular weight excluding hydrogens is 268 g/mol. The average Bonchev–Trinajstić information content (AvgIpc) is 2.34. The van der Waals surface area contributed by atoms with Gasteiger partial charge in [0.2, 0.25) is 5.91 Å². The molecule has 0 bridgehead atoms. The zero-order valence-electron chi connectivity index (χ0n) is 11.7. The maximum Gasteiger partial charge on any atom is 0.233 e. The first-order valence-corrected chi connectivity index (χ1v) is 7.80. The summed E-state index contributed by atoms with van der Waals surface area (Å²) in [7, 11) is 0. The molecule has 1 amide bonds. The minimum atomic E-state index is 0. The SMILES string of the molecule is CCSC(C(=O)NCC1CCCNC1)C(C)C.Cl. The van der Waals surface area contributed by atoms with E-state index in [1.54, 1.807) is 11.8 Å². The quantitative estimate of drug-likeness (QED) is 0.790. The van der Waals surface area contributed by atoms with Crippen LogP contribution in [-0.4, -0.2) is 36.5 Å². The van der Waals surface area contributed by atoms with Crippen LogP contribution < -0.4 is 10.6 Å². The van der Waals surface area contributed by atoms with Crippen molar-refractivity contribution in [1.82, 2.24) is 10.6 Å².